The summed E-state index contributed by atoms with van der Waals surface area (Å²) in [5.41, 5.74) is 5.29. The van der Waals surface area contributed by atoms with E-state index in [4.69, 9.17) is 5.73 Å². The van der Waals surface area contributed by atoms with E-state index in [0.29, 0.717) is 11.9 Å². The van der Waals surface area contributed by atoms with Crippen LogP contribution in [-0.4, -0.2) is 24.8 Å². The van der Waals surface area contributed by atoms with Crippen LogP contribution in [0.15, 0.2) is 4.99 Å². The Bertz CT molecular complexity index is 285. The molecule has 1 rings (SSSR count). The van der Waals surface area contributed by atoms with Gasteiger partial charge in [-0.05, 0) is 25.2 Å². The minimum atomic E-state index is -0.500. The van der Waals surface area contributed by atoms with Crippen LogP contribution in [0.25, 0.3) is 0 Å². The third kappa shape index (κ3) is 3.72. The lowest BCUT2D eigenvalue weighted by atomic mass is 9.73. The number of aliphatic imine (C=N–C) groups is 1. The molecule has 0 heterocycles. The molecule has 18 heavy (non-hydrogen) atoms. The lowest BCUT2D eigenvalue weighted by Gasteiger charge is -2.39. The van der Waals surface area contributed by atoms with Gasteiger partial charge in [-0.15, -0.1) is 0 Å². The maximum absolute atomic E-state index is 11.7. The minimum Gasteiger partial charge on any atom is -0.370 e. The number of nitrogens with zero attached hydrogens (tertiary/aromatic N) is 1. The Kier molecular flexibility index (Phi) is 6.16. The van der Waals surface area contributed by atoms with Crippen LogP contribution in [0.1, 0.15) is 58.3 Å². The van der Waals surface area contributed by atoms with Crippen LogP contribution in [-0.2, 0) is 4.79 Å². The van der Waals surface area contributed by atoms with E-state index < -0.39 is 5.54 Å². The van der Waals surface area contributed by atoms with Crippen molar-refractivity contribution in [1.82, 2.24) is 5.32 Å². The first-order valence-corrected chi connectivity index (χ1v) is 7.15. The van der Waals surface area contributed by atoms with Gasteiger partial charge in [-0.2, -0.15) is 0 Å². The second-order valence-corrected chi connectivity index (χ2v) is 5.33. The zero-order valence-electron chi connectivity index (χ0n) is 11.7. The molecular weight excluding hydrogens is 226 g/mol. The van der Waals surface area contributed by atoms with Crippen molar-refractivity contribution in [2.24, 2.45) is 16.6 Å². The molecule has 1 atom stereocenters. The van der Waals surface area contributed by atoms with Gasteiger partial charge in [0.2, 0.25) is 0 Å². The molecule has 0 aromatic rings. The molecule has 1 fully saturated rings. The normalized spacial score (nSPS) is 21.3. The van der Waals surface area contributed by atoms with Crippen LogP contribution in [0.4, 0.5) is 0 Å². The third-order valence-corrected chi connectivity index (χ3v) is 4.09. The molecule has 1 saturated carbocycles. The van der Waals surface area contributed by atoms with E-state index in [1.165, 1.54) is 19.3 Å². The number of rotatable bonds is 6. The van der Waals surface area contributed by atoms with Gasteiger partial charge in [-0.25, -0.2) is 0 Å². The topological polar surface area (TPSA) is 67.5 Å². The molecule has 1 aliphatic rings. The van der Waals surface area contributed by atoms with Crippen molar-refractivity contribution in [3.05, 3.63) is 0 Å². The van der Waals surface area contributed by atoms with Crippen molar-refractivity contribution in [3.8, 4) is 0 Å². The molecule has 0 spiro atoms. The van der Waals surface area contributed by atoms with Crippen LogP contribution < -0.4 is 11.1 Å². The minimum absolute atomic E-state index is 0.378. The highest BCUT2D eigenvalue weighted by molar-refractivity contribution is 5.83. The molecule has 0 saturated heterocycles. The molecule has 0 aromatic carbocycles. The fourth-order valence-electron chi connectivity index (χ4n) is 2.93. The molecular formula is C14H27N3O. The first-order chi connectivity index (χ1) is 8.68. The van der Waals surface area contributed by atoms with Crippen LogP contribution in [0.3, 0.4) is 0 Å². The number of nitrogens with one attached hydrogen (secondary N) is 1. The number of nitrogens with two attached hydrogens (primary N) is 1. The van der Waals surface area contributed by atoms with E-state index in [-0.39, 0.29) is 0 Å². The summed E-state index contributed by atoms with van der Waals surface area (Å²) in [7, 11) is 1.65. The van der Waals surface area contributed by atoms with E-state index in [1.807, 2.05) is 0 Å². The molecule has 0 bridgehead atoms. The predicted octanol–water partition coefficient (Wildman–Crippen LogP) is 2.23. The Labute approximate surface area is 110 Å². The number of carbonyl (C=O) groups is 1. The number of carbonyl (C=O) groups excluding carboxylic acids is 1. The summed E-state index contributed by atoms with van der Waals surface area (Å²) in [5.74, 6) is 0.777. The van der Waals surface area contributed by atoms with E-state index in [9.17, 15) is 4.79 Å². The Balaban J connectivity index is 2.84. The molecule has 4 nitrogen and oxygen atoms in total. The number of unbranched alkanes of at least 4 members (excludes halogenated alkanes) is 1. The Morgan fingerprint density at radius 1 is 1.44 bits per heavy atom. The number of hydrogen-bond donors (Lipinski definition) is 2. The fraction of sp³-hybridized carbons (Fsp3) is 0.857. The smallest absolute Gasteiger partial charge is 0.189 e. The quantitative estimate of drug-likeness (QED) is 0.433. The van der Waals surface area contributed by atoms with Crippen molar-refractivity contribution < 1.29 is 4.79 Å². The van der Waals surface area contributed by atoms with E-state index in [0.717, 1.165) is 38.4 Å². The lowest BCUT2D eigenvalue weighted by molar-refractivity contribution is -0.115. The predicted molar refractivity (Wildman–Crippen MR) is 75.6 cm³/mol. The lowest BCUT2D eigenvalue weighted by Crippen LogP contribution is -2.57. The van der Waals surface area contributed by atoms with E-state index in [2.05, 4.69) is 17.2 Å². The second-order valence-electron chi connectivity index (χ2n) is 5.33. The first kappa shape index (κ1) is 15.0. The summed E-state index contributed by atoms with van der Waals surface area (Å²) in [6.07, 6.45) is 10.0. The standard InChI is InChI=1S/C14H27N3O/c1-3-4-10-14(11-18,17-13(15)16-2)12-8-6-5-7-9-12/h11-12H,3-10H2,1-2H3,(H3,15,16,17). The molecule has 0 aromatic heterocycles. The summed E-state index contributed by atoms with van der Waals surface area (Å²) >= 11 is 0. The van der Waals surface area contributed by atoms with Crippen LogP contribution in [0.2, 0.25) is 0 Å². The van der Waals surface area contributed by atoms with Crippen LogP contribution in [0, 0.1) is 5.92 Å². The summed E-state index contributed by atoms with van der Waals surface area (Å²) in [5, 5.41) is 3.19. The molecule has 0 amide bonds. The molecule has 4 heteroatoms. The summed E-state index contributed by atoms with van der Waals surface area (Å²) in [6.45, 7) is 2.15. The molecule has 104 valence electrons. The molecule has 0 aliphatic heterocycles. The van der Waals surface area contributed by atoms with Gasteiger partial charge >= 0.3 is 0 Å². The Hall–Kier alpha value is -1.06. The Morgan fingerprint density at radius 2 is 2.11 bits per heavy atom. The van der Waals surface area contributed by atoms with Gasteiger partial charge in [0.1, 0.15) is 6.29 Å². The summed E-state index contributed by atoms with van der Waals surface area (Å²) in [6, 6.07) is 0. The molecule has 3 N–H and O–H groups in total. The van der Waals surface area contributed by atoms with Crippen molar-refractivity contribution in [1.29, 1.82) is 0 Å². The van der Waals surface area contributed by atoms with Gasteiger partial charge in [0, 0.05) is 7.05 Å². The zero-order chi connectivity index (χ0) is 13.4. The zero-order valence-corrected chi connectivity index (χ0v) is 11.7. The van der Waals surface area contributed by atoms with Crippen molar-refractivity contribution in [3.63, 3.8) is 0 Å². The van der Waals surface area contributed by atoms with Gasteiger partial charge < -0.3 is 15.8 Å². The number of aldehydes is 1. The van der Waals surface area contributed by atoms with Crippen LogP contribution in [0.5, 0.6) is 0 Å². The molecule has 0 radical (unpaired) electrons. The molecule has 1 unspecified atom stereocenters. The van der Waals surface area contributed by atoms with Gasteiger partial charge in [-0.1, -0.05) is 39.0 Å². The van der Waals surface area contributed by atoms with Crippen LogP contribution >= 0.6 is 0 Å². The van der Waals surface area contributed by atoms with Gasteiger partial charge in [0.25, 0.3) is 0 Å². The maximum Gasteiger partial charge on any atom is 0.189 e. The average Bonchev–Trinajstić information content (AvgIpc) is 2.44. The van der Waals surface area contributed by atoms with Crippen molar-refractivity contribution in [2.45, 2.75) is 63.8 Å². The second kappa shape index (κ2) is 7.39. The van der Waals surface area contributed by atoms with Crippen molar-refractivity contribution >= 4 is 12.2 Å². The van der Waals surface area contributed by atoms with E-state index in [1.54, 1.807) is 7.05 Å². The summed E-state index contributed by atoms with van der Waals surface area (Å²) in [4.78, 5) is 15.7. The highest BCUT2D eigenvalue weighted by atomic mass is 16.1. The third-order valence-electron chi connectivity index (χ3n) is 4.09. The average molecular weight is 253 g/mol. The van der Waals surface area contributed by atoms with E-state index >= 15 is 0 Å². The number of hydrogen-bond acceptors (Lipinski definition) is 2. The largest absolute Gasteiger partial charge is 0.370 e. The van der Waals surface area contributed by atoms with Gasteiger partial charge in [0.05, 0.1) is 5.54 Å². The number of guanidine groups is 1. The Morgan fingerprint density at radius 3 is 2.61 bits per heavy atom. The summed E-state index contributed by atoms with van der Waals surface area (Å²) < 4.78 is 0. The van der Waals surface area contributed by atoms with Gasteiger partial charge in [0.15, 0.2) is 5.96 Å². The maximum atomic E-state index is 11.7. The highest BCUT2D eigenvalue weighted by Gasteiger charge is 2.39. The fourth-order valence-corrected chi connectivity index (χ4v) is 2.93. The van der Waals surface area contributed by atoms with Crippen molar-refractivity contribution in [2.75, 3.05) is 7.05 Å². The first-order valence-electron chi connectivity index (χ1n) is 7.15. The van der Waals surface area contributed by atoms with Gasteiger partial charge in [-0.3, -0.25) is 4.99 Å². The monoisotopic (exact) mass is 253 g/mol. The SMILES string of the molecule is CCCCC(C=O)(NC(N)=NC)C1CCCCC1. The highest BCUT2D eigenvalue weighted by Crippen LogP contribution is 2.34. The molecule has 1 aliphatic carbocycles.